The van der Waals surface area contributed by atoms with Crippen LogP contribution in [0.3, 0.4) is 0 Å². The van der Waals surface area contributed by atoms with Crippen LogP contribution in [0, 0.1) is 0 Å². The molecule has 232 valence electrons. The van der Waals surface area contributed by atoms with Gasteiger partial charge in [-0.15, -0.1) is 20.4 Å². The molecular weight excluding hydrogens is 628 g/mol. The maximum atomic E-state index is 12.5. The molecule has 12 nitrogen and oxygen atoms in total. The molecule has 2 amide bonds. The minimum atomic E-state index is -2.98. The summed E-state index contributed by atoms with van der Waals surface area (Å²) in [5.74, 6) is -0.865. The van der Waals surface area contributed by atoms with Gasteiger partial charge >= 0.3 is 13.2 Å². The fourth-order valence-corrected chi connectivity index (χ4v) is 6.47. The highest BCUT2D eigenvalue weighted by atomic mass is 32.1. The summed E-state index contributed by atoms with van der Waals surface area (Å²) in [5.41, 5.74) is 0.525. The van der Waals surface area contributed by atoms with Gasteiger partial charge in [0.05, 0.1) is 24.2 Å². The topological polar surface area (TPSA) is 154 Å². The van der Waals surface area contributed by atoms with Gasteiger partial charge in [-0.25, -0.2) is 0 Å². The molecule has 1 aliphatic carbocycles. The van der Waals surface area contributed by atoms with E-state index >= 15 is 0 Å². The van der Waals surface area contributed by atoms with Crippen molar-refractivity contribution in [3.8, 4) is 11.5 Å². The number of hydrogen-bond acceptors (Lipinski definition) is 12. The van der Waals surface area contributed by atoms with Crippen LogP contribution in [0.25, 0.3) is 0 Å². The Morgan fingerprint density at radius 2 is 1.23 bits per heavy atom. The minimum absolute atomic E-state index is 0.0810. The molecule has 2 N–H and O–H groups in total. The first kappa shape index (κ1) is 31.1. The number of carbonyl (C=O) groups excluding carboxylic acids is 2. The van der Waals surface area contributed by atoms with E-state index in [2.05, 4.69) is 50.5 Å². The van der Waals surface area contributed by atoms with E-state index in [1.54, 1.807) is 0 Å². The number of pyridine rings is 2. The van der Waals surface area contributed by atoms with Crippen molar-refractivity contribution in [1.29, 1.82) is 0 Å². The summed E-state index contributed by atoms with van der Waals surface area (Å²) >= 11 is 2.52. The molecule has 4 aromatic heterocycles. The summed E-state index contributed by atoms with van der Waals surface area (Å²) < 4.78 is 58.5. The standard InChI is InChI=1S/C26H24F4N8O4S2/c27-23(28)41-17-4-6-31-15(9-17)11-19(39)33-25-37-35-21(43-25)13-2-1-3-14(8-13)22-36-38-26(44-22)34-20(40)12-16-10-18(5-7-32-16)42-24(29)30/h4-7,9-10,13-14,23-24H,1-3,8,11-12H2,(H,33,37,39)(H,34,38,40)/t13-,14-/m0/s1. The van der Waals surface area contributed by atoms with Crippen molar-refractivity contribution in [3.63, 3.8) is 0 Å². The largest absolute Gasteiger partial charge is 0.435 e. The van der Waals surface area contributed by atoms with E-state index < -0.39 is 25.0 Å². The molecule has 18 heteroatoms. The first-order valence-corrected chi connectivity index (χ1v) is 14.9. The van der Waals surface area contributed by atoms with E-state index in [0.29, 0.717) is 10.3 Å². The zero-order valence-electron chi connectivity index (χ0n) is 22.7. The average Bonchev–Trinajstić information content (AvgIpc) is 3.63. The van der Waals surface area contributed by atoms with Crippen molar-refractivity contribution in [2.24, 2.45) is 0 Å². The maximum Gasteiger partial charge on any atom is 0.387 e. The molecule has 1 aliphatic rings. The van der Waals surface area contributed by atoms with Crippen LogP contribution in [0.1, 0.15) is 58.9 Å². The van der Waals surface area contributed by atoms with E-state index in [0.717, 1.165) is 35.7 Å². The second-order valence-electron chi connectivity index (χ2n) is 9.62. The molecule has 4 aromatic rings. The lowest BCUT2D eigenvalue weighted by atomic mass is 9.82. The molecule has 0 bridgehead atoms. The van der Waals surface area contributed by atoms with Gasteiger partial charge in [-0.05, 0) is 31.4 Å². The highest BCUT2D eigenvalue weighted by Gasteiger charge is 2.29. The fourth-order valence-electron chi connectivity index (χ4n) is 4.65. The van der Waals surface area contributed by atoms with Gasteiger partial charge < -0.3 is 20.1 Å². The number of anilines is 2. The molecule has 0 radical (unpaired) electrons. The molecule has 4 heterocycles. The minimum Gasteiger partial charge on any atom is -0.435 e. The van der Waals surface area contributed by atoms with Crippen LogP contribution in [-0.4, -0.2) is 55.4 Å². The van der Waals surface area contributed by atoms with Gasteiger partial charge in [-0.3, -0.25) is 19.6 Å². The predicted octanol–water partition coefficient (Wildman–Crippen LogP) is 5.19. The Morgan fingerprint density at radius 3 is 1.66 bits per heavy atom. The van der Waals surface area contributed by atoms with Crippen molar-refractivity contribution >= 4 is 44.8 Å². The third-order valence-corrected chi connectivity index (χ3v) is 8.46. The highest BCUT2D eigenvalue weighted by molar-refractivity contribution is 7.15. The van der Waals surface area contributed by atoms with E-state index in [9.17, 15) is 27.2 Å². The van der Waals surface area contributed by atoms with Gasteiger partial charge in [-0.2, -0.15) is 17.6 Å². The molecule has 0 unspecified atom stereocenters. The quantitative estimate of drug-likeness (QED) is 0.196. The highest BCUT2D eigenvalue weighted by Crippen LogP contribution is 2.43. The van der Waals surface area contributed by atoms with Gasteiger partial charge in [-0.1, -0.05) is 29.1 Å². The van der Waals surface area contributed by atoms with Crippen molar-refractivity contribution in [2.75, 3.05) is 10.6 Å². The molecule has 0 saturated heterocycles. The number of nitrogens with zero attached hydrogens (tertiary/aromatic N) is 6. The summed E-state index contributed by atoms with van der Waals surface area (Å²) in [4.78, 5) is 33.0. The van der Waals surface area contributed by atoms with Crippen molar-refractivity contribution in [1.82, 2.24) is 30.4 Å². The van der Waals surface area contributed by atoms with E-state index in [1.165, 1.54) is 59.3 Å². The van der Waals surface area contributed by atoms with Gasteiger partial charge in [0.2, 0.25) is 22.1 Å². The lowest BCUT2D eigenvalue weighted by molar-refractivity contribution is -0.116. The summed E-state index contributed by atoms with van der Waals surface area (Å²) in [6, 6.07) is 5.10. The fraction of sp³-hybridized carbons (Fsp3) is 0.385. The zero-order chi connectivity index (χ0) is 31.1. The molecule has 5 rings (SSSR count). The van der Waals surface area contributed by atoms with Gasteiger partial charge in [0, 0.05) is 36.4 Å². The number of rotatable bonds is 12. The number of alkyl halides is 4. The van der Waals surface area contributed by atoms with Crippen LogP contribution in [0.15, 0.2) is 36.7 Å². The summed E-state index contributed by atoms with van der Waals surface area (Å²) in [7, 11) is 0. The number of halogens is 4. The number of nitrogens with one attached hydrogen (secondary N) is 2. The van der Waals surface area contributed by atoms with E-state index in [-0.39, 0.29) is 47.6 Å². The van der Waals surface area contributed by atoms with Crippen LogP contribution in [0.2, 0.25) is 0 Å². The summed E-state index contributed by atoms with van der Waals surface area (Å²) in [6.45, 7) is -5.96. The summed E-state index contributed by atoms with van der Waals surface area (Å²) in [6.07, 6.45) is 5.64. The van der Waals surface area contributed by atoms with Crippen molar-refractivity contribution < 1.29 is 36.6 Å². The van der Waals surface area contributed by atoms with Crippen molar-refractivity contribution in [3.05, 3.63) is 58.1 Å². The van der Waals surface area contributed by atoms with Crippen LogP contribution in [-0.2, 0) is 22.4 Å². The molecule has 1 saturated carbocycles. The monoisotopic (exact) mass is 652 g/mol. The van der Waals surface area contributed by atoms with Gasteiger partial charge in [0.1, 0.15) is 21.5 Å². The molecule has 1 fully saturated rings. The van der Waals surface area contributed by atoms with Crippen LogP contribution in [0.4, 0.5) is 27.8 Å². The zero-order valence-corrected chi connectivity index (χ0v) is 24.3. The van der Waals surface area contributed by atoms with Gasteiger partial charge in [0.25, 0.3) is 0 Å². The smallest absolute Gasteiger partial charge is 0.387 e. The van der Waals surface area contributed by atoms with Gasteiger partial charge in [0.15, 0.2) is 0 Å². The Hall–Kier alpha value is -4.32. The Labute approximate surface area is 255 Å². The van der Waals surface area contributed by atoms with E-state index in [4.69, 9.17) is 0 Å². The maximum absolute atomic E-state index is 12.5. The van der Waals surface area contributed by atoms with Crippen LogP contribution < -0.4 is 20.1 Å². The Morgan fingerprint density at radius 1 is 0.773 bits per heavy atom. The third kappa shape index (κ3) is 8.85. The average molecular weight is 653 g/mol. The first-order valence-electron chi connectivity index (χ1n) is 13.3. The Balaban J connectivity index is 1.13. The normalized spacial score (nSPS) is 16.6. The van der Waals surface area contributed by atoms with E-state index in [1.807, 2.05) is 0 Å². The number of hydrogen-bond donors (Lipinski definition) is 2. The predicted molar refractivity (Wildman–Crippen MR) is 150 cm³/mol. The third-order valence-electron chi connectivity index (χ3n) is 6.46. The van der Waals surface area contributed by atoms with Crippen molar-refractivity contribution in [2.45, 2.75) is 63.6 Å². The van der Waals surface area contributed by atoms with Crippen LogP contribution in [0.5, 0.6) is 11.5 Å². The van der Waals surface area contributed by atoms with Crippen LogP contribution >= 0.6 is 22.7 Å². The molecule has 2 atom stereocenters. The number of amides is 2. The second-order valence-corrected chi connectivity index (χ2v) is 11.6. The lowest BCUT2D eigenvalue weighted by Gasteiger charge is -2.25. The first-order chi connectivity index (χ1) is 21.2. The SMILES string of the molecule is O=C(Cc1cc(OC(F)F)ccn1)Nc1nnc([C@H]2CCC[C@H](c3nnc(NC(=O)Cc4cc(OC(F)F)ccn4)s3)C2)s1. The molecular formula is C26H24F4N8O4S2. The number of ether oxygens (including phenoxy) is 2. The Bertz CT molecular complexity index is 1480. The number of aromatic nitrogens is 6. The molecule has 44 heavy (non-hydrogen) atoms. The lowest BCUT2D eigenvalue weighted by Crippen LogP contribution is -2.15. The Kier molecular flexibility index (Phi) is 10.2. The summed E-state index contributed by atoms with van der Waals surface area (Å²) in [5, 5.41) is 24.2. The number of carbonyl (C=O) groups is 2. The molecule has 0 aromatic carbocycles. The molecule has 0 spiro atoms. The second kappa shape index (κ2) is 14.4. The molecule has 0 aliphatic heterocycles.